The van der Waals surface area contributed by atoms with Gasteiger partial charge in [0, 0.05) is 36.6 Å². The van der Waals surface area contributed by atoms with E-state index in [4.69, 9.17) is 9.47 Å². The van der Waals surface area contributed by atoms with Crippen LogP contribution >= 0.6 is 11.3 Å². The average Bonchev–Trinajstić information content (AvgIpc) is 3.19. The highest BCUT2D eigenvalue weighted by molar-refractivity contribution is 7.15. The Morgan fingerprint density at radius 2 is 2.44 bits per heavy atom. The summed E-state index contributed by atoms with van der Waals surface area (Å²) in [6.07, 6.45) is 6.21. The summed E-state index contributed by atoms with van der Waals surface area (Å²) in [6.45, 7) is 1.04. The minimum absolute atomic E-state index is 0.0627. The zero-order valence-corrected chi connectivity index (χ0v) is 14.3. The van der Waals surface area contributed by atoms with Gasteiger partial charge in [-0.05, 0) is 12.5 Å². The Kier molecular flexibility index (Phi) is 4.62. The van der Waals surface area contributed by atoms with Crippen molar-refractivity contribution in [2.45, 2.75) is 25.0 Å². The molecule has 0 bridgehead atoms. The Balaban J connectivity index is 1.38. The number of fused-ring (bicyclic) bond motifs is 1. The summed E-state index contributed by atoms with van der Waals surface area (Å²) in [5.41, 5.74) is 0.763. The second kappa shape index (κ2) is 7.20. The number of imidazole rings is 1. The van der Waals surface area contributed by atoms with Gasteiger partial charge in [-0.1, -0.05) is 6.07 Å². The number of ether oxygens (including phenoxy) is 2. The van der Waals surface area contributed by atoms with E-state index in [-0.39, 0.29) is 24.5 Å². The molecule has 0 aromatic carbocycles. The van der Waals surface area contributed by atoms with E-state index in [2.05, 4.69) is 15.3 Å². The van der Waals surface area contributed by atoms with Gasteiger partial charge < -0.3 is 14.8 Å². The molecule has 3 aromatic rings. The van der Waals surface area contributed by atoms with Crippen molar-refractivity contribution >= 4 is 22.2 Å². The summed E-state index contributed by atoms with van der Waals surface area (Å²) in [5.74, 6) is 0.471. The molecule has 130 valence electrons. The number of amides is 1. The van der Waals surface area contributed by atoms with Crippen LogP contribution in [0.15, 0.2) is 42.2 Å². The zero-order valence-electron chi connectivity index (χ0n) is 13.5. The fourth-order valence-electron chi connectivity index (χ4n) is 2.85. The molecule has 8 heteroatoms. The number of thiazole rings is 1. The first kappa shape index (κ1) is 16.0. The molecule has 1 amide bonds. The van der Waals surface area contributed by atoms with Crippen LogP contribution in [0.5, 0.6) is 5.88 Å². The van der Waals surface area contributed by atoms with Crippen LogP contribution in [0.2, 0.25) is 0 Å². The number of nitrogens with one attached hydrogen (secondary N) is 1. The van der Waals surface area contributed by atoms with Crippen LogP contribution in [-0.2, 0) is 16.0 Å². The summed E-state index contributed by atoms with van der Waals surface area (Å²) < 4.78 is 13.3. The Hall–Kier alpha value is -2.45. The number of nitrogens with zero attached hydrogens (tertiary/aromatic N) is 3. The maximum absolute atomic E-state index is 12.4. The Morgan fingerprint density at radius 1 is 1.48 bits per heavy atom. The number of rotatable bonds is 5. The maximum atomic E-state index is 12.4. The third kappa shape index (κ3) is 3.80. The number of pyridine rings is 1. The fraction of sp³-hybridized carbons (Fsp3) is 0.353. The van der Waals surface area contributed by atoms with Crippen LogP contribution in [0.1, 0.15) is 12.1 Å². The molecule has 1 aliphatic rings. The van der Waals surface area contributed by atoms with Crippen molar-refractivity contribution < 1.29 is 14.3 Å². The quantitative estimate of drug-likeness (QED) is 0.751. The second-order valence-electron chi connectivity index (χ2n) is 5.86. The van der Waals surface area contributed by atoms with Crippen molar-refractivity contribution in [3.05, 3.63) is 47.9 Å². The molecule has 1 saturated heterocycles. The average molecular weight is 358 g/mol. The van der Waals surface area contributed by atoms with Crippen LogP contribution in [0.4, 0.5) is 0 Å². The van der Waals surface area contributed by atoms with E-state index in [0.717, 1.165) is 10.7 Å². The monoisotopic (exact) mass is 358 g/mol. The molecular weight excluding hydrogens is 340 g/mol. The SMILES string of the molecule is O=C(Cc1cn2ccsc2n1)N[C@@H]1CCOC[C@H]1Oc1ccccn1. The lowest BCUT2D eigenvalue weighted by Crippen LogP contribution is -2.51. The Bertz CT molecular complexity index is 819. The minimum atomic E-state index is -0.252. The highest BCUT2D eigenvalue weighted by atomic mass is 32.1. The molecule has 4 rings (SSSR count). The van der Waals surface area contributed by atoms with E-state index in [1.165, 1.54) is 0 Å². The van der Waals surface area contributed by atoms with Gasteiger partial charge in [0.2, 0.25) is 11.8 Å². The van der Waals surface area contributed by atoms with Gasteiger partial charge in [-0.3, -0.25) is 9.20 Å². The van der Waals surface area contributed by atoms with Crippen molar-refractivity contribution in [1.29, 1.82) is 0 Å². The molecule has 0 spiro atoms. The minimum Gasteiger partial charge on any atom is -0.470 e. The van der Waals surface area contributed by atoms with Gasteiger partial charge in [0.25, 0.3) is 0 Å². The smallest absolute Gasteiger partial charge is 0.226 e. The lowest BCUT2D eigenvalue weighted by atomic mass is 10.1. The lowest BCUT2D eigenvalue weighted by molar-refractivity contribution is -0.123. The predicted molar refractivity (Wildman–Crippen MR) is 92.8 cm³/mol. The van der Waals surface area contributed by atoms with E-state index >= 15 is 0 Å². The van der Waals surface area contributed by atoms with Crippen molar-refractivity contribution in [1.82, 2.24) is 19.7 Å². The van der Waals surface area contributed by atoms with Crippen molar-refractivity contribution in [3.8, 4) is 5.88 Å². The predicted octanol–water partition coefficient (Wildman–Crippen LogP) is 1.69. The molecule has 1 fully saturated rings. The number of carbonyl (C=O) groups excluding carboxylic acids is 1. The molecule has 1 N–H and O–H groups in total. The van der Waals surface area contributed by atoms with E-state index < -0.39 is 0 Å². The van der Waals surface area contributed by atoms with Crippen molar-refractivity contribution in [2.75, 3.05) is 13.2 Å². The van der Waals surface area contributed by atoms with Crippen LogP contribution in [0, 0.1) is 0 Å². The maximum Gasteiger partial charge on any atom is 0.226 e. The van der Waals surface area contributed by atoms with Crippen molar-refractivity contribution in [2.24, 2.45) is 0 Å². The molecule has 0 radical (unpaired) electrons. The molecule has 0 aliphatic carbocycles. The molecule has 1 aliphatic heterocycles. The first-order valence-electron chi connectivity index (χ1n) is 8.14. The topological polar surface area (TPSA) is 77.8 Å². The van der Waals surface area contributed by atoms with Gasteiger partial charge in [0.05, 0.1) is 24.8 Å². The zero-order chi connectivity index (χ0) is 17.1. The van der Waals surface area contributed by atoms with Crippen LogP contribution in [-0.4, -0.2) is 45.6 Å². The normalized spacial score (nSPS) is 20.5. The molecule has 25 heavy (non-hydrogen) atoms. The molecule has 3 aromatic heterocycles. The van der Waals surface area contributed by atoms with E-state index in [0.29, 0.717) is 25.5 Å². The fourth-order valence-corrected chi connectivity index (χ4v) is 3.57. The number of hydrogen-bond acceptors (Lipinski definition) is 6. The number of hydrogen-bond donors (Lipinski definition) is 1. The lowest BCUT2D eigenvalue weighted by Gasteiger charge is -2.32. The molecule has 2 atom stereocenters. The van der Waals surface area contributed by atoms with Gasteiger partial charge >= 0.3 is 0 Å². The van der Waals surface area contributed by atoms with E-state index in [1.54, 1.807) is 23.6 Å². The Morgan fingerprint density at radius 3 is 3.28 bits per heavy atom. The van der Waals surface area contributed by atoms with Gasteiger partial charge in [-0.15, -0.1) is 11.3 Å². The standard InChI is InChI=1S/C17H18N4O3S/c22-15(9-12-10-21-6-8-25-17(21)19-12)20-13-4-7-23-11-14(13)24-16-3-1-2-5-18-16/h1-3,5-6,8,10,13-14H,4,7,9,11H2,(H,20,22)/t13-,14-/m1/s1. The van der Waals surface area contributed by atoms with Crippen LogP contribution in [0.25, 0.3) is 4.96 Å². The highest BCUT2D eigenvalue weighted by Crippen LogP contribution is 2.16. The highest BCUT2D eigenvalue weighted by Gasteiger charge is 2.29. The largest absolute Gasteiger partial charge is 0.470 e. The summed E-state index contributed by atoms with van der Waals surface area (Å²) in [5, 5.41) is 5.02. The summed E-state index contributed by atoms with van der Waals surface area (Å²) in [6, 6.07) is 5.39. The van der Waals surface area contributed by atoms with Crippen molar-refractivity contribution in [3.63, 3.8) is 0 Å². The van der Waals surface area contributed by atoms with E-state index in [9.17, 15) is 4.79 Å². The first-order chi connectivity index (χ1) is 12.3. The van der Waals surface area contributed by atoms with Gasteiger partial charge in [0.15, 0.2) is 4.96 Å². The first-order valence-corrected chi connectivity index (χ1v) is 9.02. The van der Waals surface area contributed by atoms with E-state index in [1.807, 2.05) is 34.3 Å². The van der Waals surface area contributed by atoms with Crippen LogP contribution in [0.3, 0.4) is 0 Å². The van der Waals surface area contributed by atoms with Crippen LogP contribution < -0.4 is 10.1 Å². The van der Waals surface area contributed by atoms with Gasteiger partial charge in [0.1, 0.15) is 6.10 Å². The molecule has 4 heterocycles. The summed E-state index contributed by atoms with van der Waals surface area (Å²) >= 11 is 1.55. The third-order valence-corrected chi connectivity index (χ3v) is 4.82. The molecule has 0 unspecified atom stereocenters. The molecule has 7 nitrogen and oxygen atoms in total. The molecule has 0 saturated carbocycles. The summed E-state index contributed by atoms with van der Waals surface area (Å²) in [4.78, 5) is 21.9. The molecular formula is C17H18N4O3S. The Labute approximate surface area is 148 Å². The number of aromatic nitrogens is 3. The summed E-state index contributed by atoms with van der Waals surface area (Å²) in [7, 11) is 0. The van der Waals surface area contributed by atoms with Gasteiger partial charge in [-0.2, -0.15) is 0 Å². The van der Waals surface area contributed by atoms with Gasteiger partial charge in [-0.25, -0.2) is 9.97 Å². The third-order valence-electron chi connectivity index (χ3n) is 4.05. The second-order valence-corrected chi connectivity index (χ2v) is 6.74. The number of carbonyl (C=O) groups is 1.